The summed E-state index contributed by atoms with van der Waals surface area (Å²) in [5.74, 6) is 0.231. The molecule has 1 aromatic heterocycles. The highest BCUT2D eigenvalue weighted by Crippen LogP contribution is 2.25. The summed E-state index contributed by atoms with van der Waals surface area (Å²) in [4.78, 5) is 14.0. The Hall–Kier alpha value is -2.06. The number of carbonyl (C=O) groups is 1. The summed E-state index contributed by atoms with van der Waals surface area (Å²) < 4.78 is 0.759. The first kappa shape index (κ1) is 17.3. The molecule has 0 saturated heterocycles. The van der Waals surface area contributed by atoms with E-state index in [1.165, 1.54) is 23.1 Å². The van der Waals surface area contributed by atoms with Crippen LogP contribution in [0.1, 0.15) is 0 Å². The predicted octanol–water partition coefficient (Wildman–Crippen LogP) is 2.93. The Bertz CT molecular complexity index is 654. The first-order chi connectivity index (χ1) is 11.1. The molecule has 0 unspecified atom stereocenters. The molecule has 1 amide bonds. The van der Waals surface area contributed by atoms with Gasteiger partial charge in [-0.3, -0.25) is 4.79 Å². The third-order valence-electron chi connectivity index (χ3n) is 2.80. The van der Waals surface area contributed by atoms with Gasteiger partial charge in [-0.25, -0.2) is 0 Å². The van der Waals surface area contributed by atoms with Gasteiger partial charge in [0.05, 0.1) is 5.75 Å². The maximum Gasteiger partial charge on any atom is 0.234 e. The van der Waals surface area contributed by atoms with Gasteiger partial charge in [0.1, 0.15) is 0 Å². The molecule has 8 heteroatoms. The van der Waals surface area contributed by atoms with Crippen molar-refractivity contribution < 1.29 is 4.79 Å². The van der Waals surface area contributed by atoms with E-state index in [4.69, 9.17) is 0 Å². The Morgan fingerprint density at radius 2 is 2.09 bits per heavy atom. The maximum atomic E-state index is 12.0. The molecule has 122 valence electrons. The van der Waals surface area contributed by atoms with Crippen LogP contribution in [-0.2, 0) is 4.79 Å². The first-order valence-electron chi connectivity index (χ1n) is 6.97. The number of anilines is 3. The van der Waals surface area contributed by atoms with Crippen LogP contribution < -0.4 is 15.5 Å². The number of hydrogen-bond donors (Lipinski definition) is 2. The second-order valence-corrected chi connectivity index (χ2v) is 7.02. The summed E-state index contributed by atoms with van der Waals surface area (Å²) >= 11 is 2.79. The molecule has 1 heterocycles. The molecule has 0 spiro atoms. The number of aromatic nitrogens is 2. The van der Waals surface area contributed by atoms with Crippen LogP contribution in [0.4, 0.5) is 16.5 Å². The highest BCUT2D eigenvalue weighted by molar-refractivity contribution is 8.01. The Balaban J connectivity index is 1.80. The lowest BCUT2D eigenvalue weighted by Gasteiger charge is -2.12. The summed E-state index contributed by atoms with van der Waals surface area (Å²) in [6.45, 7) is 4.27. The zero-order chi connectivity index (χ0) is 16.7. The fraction of sp³-hybridized carbons (Fsp3) is 0.267. The number of amides is 1. The molecule has 0 aliphatic heterocycles. The molecule has 0 aliphatic carbocycles. The van der Waals surface area contributed by atoms with Gasteiger partial charge < -0.3 is 15.5 Å². The molecule has 0 radical (unpaired) electrons. The van der Waals surface area contributed by atoms with Crippen LogP contribution in [0.5, 0.6) is 0 Å². The van der Waals surface area contributed by atoms with E-state index in [1.54, 1.807) is 6.08 Å². The summed E-state index contributed by atoms with van der Waals surface area (Å²) in [6, 6.07) is 7.70. The van der Waals surface area contributed by atoms with Gasteiger partial charge in [0.2, 0.25) is 11.0 Å². The monoisotopic (exact) mass is 349 g/mol. The van der Waals surface area contributed by atoms with Crippen LogP contribution in [0.3, 0.4) is 0 Å². The van der Waals surface area contributed by atoms with Crippen LogP contribution in [0, 0.1) is 0 Å². The van der Waals surface area contributed by atoms with Crippen molar-refractivity contribution in [3.63, 3.8) is 0 Å². The fourth-order valence-electron chi connectivity index (χ4n) is 1.67. The average molecular weight is 349 g/mol. The summed E-state index contributed by atoms with van der Waals surface area (Å²) in [5.41, 5.74) is 1.87. The maximum absolute atomic E-state index is 12.0. The molecule has 0 bridgehead atoms. The Morgan fingerprint density at radius 1 is 1.35 bits per heavy atom. The summed E-state index contributed by atoms with van der Waals surface area (Å²) in [6.07, 6.45) is 1.75. The lowest BCUT2D eigenvalue weighted by atomic mass is 10.2. The predicted molar refractivity (Wildman–Crippen MR) is 98.7 cm³/mol. The van der Waals surface area contributed by atoms with Crippen LogP contribution in [-0.4, -0.2) is 42.5 Å². The molecule has 0 saturated carbocycles. The number of benzene rings is 1. The molecule has 0 aliphatic rings. The van der Waals surface area contributed by atoms with Crippen molar-refractivity contribution in [3.05, 3.63) is 36.9 Å². The molecule has 0 atom stereocenters. The molecule has 1 aromatic carbocycles. The quantitative estimate of drug-likeness (QED) is 0.564. The van der Waals surface area contributed by atoms with Crippen molar-refractivity contribution in [1.82, 2.24) is 10.2 Å². The second-order valence-electron chi connectivity index (χ2n) is 4.82. The minimum atomic E-state index is -0.0663. The van der Waals surface area contributed by atoms with Crippen LogP contribution in [0.2, 0.25) is 0 Å². The van der Waals surface area contributed by atoms with Gasteiger partial charge in [-0.1, -0.05) is 29.2 Å². The largest absolute Gasteiger partial charge is 0.378 e. The third-order valence-corrected chi connectivity index (χ3v) is 4.81. The third kappa shape index (κ3) is 5.57. The van der Waals surface area contributed by atoms with Gasteiger partial charge in [-0.05, 0) is 24.3 Å². The van der Waals surface area contributed by atoms with E-state index in [0.29, 0.717) is 12.3 Å². The molecular weight excluding hydrogens is 330 g/mol. The van der Waals surface area contributed by atoms with Crippen molar-refractivity contribution in [3.8, 4) is 0 Å². The van der Waals surface area contributed by atoms with Gasteiger partial charge in [0, 0.05) is 32.0 Å². The van der Waals surface area contributed by atoms with E-state index in [-0.39, 0.29) is 5.91 Å². The molecule has 2 N–H and O–H groups in total. The lowest BCUT2D eigenvalue weighted by Crippen LogP contribution is -2.14. The topological polar surface area (TPSA) is 70.1 Å². The second kappa shape index (κ2) is 8.54. The molecule has 2 aromatic rings. The number of rotatable bonds is 8. The SMILES string of the molecule is C=CCNc1nnc(SCC(=O)Nc2ccc(N(C)C)cc2)s1. The van der Waals surface area contributed by atoms with Gasteiger partial charge in [-0.15, -0.1) is 16.8 Å². The Morgan fingerprint density at radius 3 is 2.74 bits per heavy atom. The summed E-state index contributed by atoms with van der Waals surface area (Å²) in [7, 11) is 3.95. The lowest BCUT2D eigenvalue weighted by molar-refractivity contribution is -0.113. The van der Waals surface area contributed by atoms with Crippen molar-refractivity contribution >= 4 is 45.5 Å². The van der Waals surface area contributed by atoms with E-state index in [2.05, 4.69) is 27.4 Å². The van der Waals surface area contributed by atoms with Crippen LogP contribution in [0.25, 0.3) is 0 Å². The number of hydrogen-bond acceptors (Lipinski definition) is 7. The first-order valence-corrected chi connectivity index (χ1v) is 8.77. The van der Waals surface area contributed by atoms with Gasteiger partial charge in [0.25, 0.3) is 0 Å². The van der Waals surface area contributed by atoms with E-state index < -0.39 is 0 Å². The number of nitrogens with zero attached hydrogens (tertiary/aromatic N) is 3. The van der Waals surface area contributed by atoms with E-state index in [0.717, 1.165) is 20.8 Å². The van der Waals surface area contributed by atoms with Crippen molar-refractivity contribution in [1.29, 1.82) is 0 Å². The smallest absolute Gasteiger partial charge is 0.234 e. The van der Waals surface area contributed by atoms with E-state index in [9.17, 15) is 4.79 Å². The normalized spacial score (nSPS) is 10.2. The number of carbonyl (C=O) groups excluding carboxylic acids is 1. The highest BCUT2D eigenvalue weighted by atomic mass is 32.2. The van der Waals surface area contributed by atoms with Gasteiger partial charge in [-0.2, -0.15) is 0 Å². The Labute approximate surface area is 144 Å². The number of nitrogens with one attached hydrogen (secondary N) is 2. The highest BCUT2D eigenvalue weighted by Gasteiger charge is 2.08. The Kier molecular flexibility index (Phi) is 6.42. The van der Waals surface area contributed by atoms with Crippen molar-refractivity contribution in [2.75, 3.05) is 41.9 Å². The average Bonchev–Trinajstić information content (AvgIpc) is 2.99. The minimum Gasteiger partial charge on any atom is -0.378 e. The van der Waals surface area contributed by atoms with E-state index >= 15 is 0 Å². The number of thioether (sulfide) groups is 1. The van der Waals surface area contributed by atoms with Gasteiger partial charge >= 0.3 is 0 Å². The van der Waals surface area contributed by atoms with Crippen LogP contribution >= 0.6 is 23.1 Å². The fourth-order valence-corrected chi connectivity index (χ4v) is 3.23. The molecule has 2 rings (SSSR count). The van der Waals surface area contributed by atoms with E-state index in [1.807, 2.05) is 43.3 Å². The summed E-state index contributed by atoms with van der Waals surface area (Å²) in [5, 5.41) is 14.7. The molecule has 0 fully saturated rings. The van der Waals surface area contributed by atoms with Crippen molar-refractivity contribution in [2.24, 2.45) is 0 Å². The molecular formula is C15H19N5OS2. The minimum absolute atomic E-state index is 0.0663. The zero-order valence-corrected chi connectivity index (χ0v) is 14.7. The van der Waals surface area contributed by atoms with Gasteiger partial charge in [0.15, 0.2) is 4.34 Å². The standard InChI is InChI=1S/C15H19N5OS2/c1-4-9-16-14-18-19-15(23-14)22-10-13(21)17-11-5-7-12(8-6-11)20(2)3/h4-8H,1,9-10H2,2-3H3,(H,16,18)(H,17,21). The molecule has 6 nitrogen and oxygen atoms in total. The zero-order valence-electron chi connectivity index (χ0n) is 13.1. The van der Waals surface area contributed by atoms with Crippen LogP contribution in [0.15, 0.2) is 41.3 Å². The molecule has 23 heavy (non-hydrogen) atoms. The van der Waals surface area contributed by atoms with Crippen molar-refractivity contribution in [2.45, 2.75) is 4.34 Å².